The zero-order valence-corrected chi connectivity index (χ0v) is 21.7. The Morgan fingerprint density at radius 1 is 1.11 bits per heavy atom. The van der Waals surface area contributed by atoms with E-state index in [2.05, 4.69) is 4.98 Å². The molecule has 3 aromatic carbocycles. The predicted molar refractivity (Wildman–Crippen MR) is 141 cm³/mol. The van der Waals surface area contributed by atoms with Gasteiger partial charge in [-0.25, -0.2) is 17.6 Å². The van der Waals surface area contributed by atoms with E-state index in [4.69, 9.17) is 11.6 Å². The Labute approximate surface area is 220 Å². The lowest BCUT2D eigenvalue weighted by Crippen LogP contribution is -2.19. The number of rotatable bonds is 8. The molecule has 0 bridgehead atoms. The molecular formula is C25H19ClN4O5S2. The SMILES string of the molecule is CS(=O)(=O)c1cc(-c2ccccc2N(C#N)S(=O)O)ccc1Cn1c(-c2ccccc2)nc(Cl)c1C=O. The fraction of sp³-hybridized carbons (Fsp3) is 0.0800. The highest BCUT2D eigenvalue weighted by Gasteiger charge is 2.23. The number of anilines is 1. The average molecular weight is 555 g/mol. The second-order valence-corrected chi connectivity index (χ2v) is 11.1. The fourth-order valence-electron chi connectivity index (χ4n) is 3.95. The molecule has 12 heteroatoms. The van der Waals surface area contributed by atoms with Gasteiger partial charge in [0.25, 0.3) is 11.3 Å². The lowest BCUT2D eigenvalue weighted by molar-refractivity contribution is 0.111. The Bertz CT molecular complexity index is 1660. The van der Waals surface area contributed by atoms with E-state index < -0.39 is 21.1 Å². The molecule has 0 saturated heterocycles. The molecule has 1 aromatic heterocycles. The van der Waals surface area contributed by atoms with E-state index in [1.807, 2.05) is 6.07 Å². The van der Waals surface area contributed by atoms with E-state index in [-0.39, 0.29) is 28.0 Å². The highest BCUT2D eigenvalue weighted by Crippen LogP contribution is 2.34. The van der Waals surface area contributed by atoms with Gasteiger partial charge < -0.3 is 4.57 Å². The normalized spacial score (nSPS) is 12.1. The maximum atomic E-state index is 12.9. The number of imidazole rings is 1. The third kappa shape index (κ3) is 5.33. The summed E-state index contributed by atoms with van der Waals surface area (Å²) in [5.41, 5.74) is 2.09. The van der Waals surface area contributed by atoms with Crippen LogP contribution in [0.3, 0.4) is 0 Å². The first-order valence-electron chi connectivity index (χ1n) is 10.7. The van der Waals surface area contributed by atoms with E-state index in [0.29, 0.717) is 38.7 Å². The molecule has 0 saturated carbocycles. The standard InChI is InChI=1S/C25H19ClN4O5S2/c1-37(34,35)23-13-18(20-9-5-6-10-21(20)30(16-27)36(32)33)11-12-19(23)14-29-22(15-31)24(26)28-25(29)17-7-3-2-4-8-17/h2-13,15H,14H2,1H3,(H,32,33). The van der Waals surface area contributed by atoms with Crippen molar-refractivity contribution >= 4 is 44.7 Å². The van der Waals surface area contributed by atoms with Gasteiger partial charge in [-0.2, -0.15) is 9.57 Å². The average Bonchev–Trinajstić information content (AvgIpc) is 3.19. The molecule has 1 unspecified atom stereocenters. The number of aldehydes is 1. The highest BCUT2D eigenvalue weighted by molar-refractivity contribution is 7.90. The van der Waals surface area contributed by atoms with Crippen LogP contribution in [-0.2, 0) is 27.6 Å². The number of hydrogen-bond acceptors (Lipinski definition) is 6. The first kappa shape index (κ1) is 26.2. The van der Waals surface area contributed by atoms with Gasteiger partial charge >= 0.3 is 0 Å². The van der Waals surface area contributed by atoms with Crippen LogP contribution in [0.5, 0.6) is 0 Å². The highest BCUT2D eigenvalue weighted by atomic mass is 35.5. The molecule has 0 aliphatic carbocycles. The largest absolute Gasteiger partial charge is 0.316 e. The van der Waals surface area contributed by atoms with Crippen LogP contribution in [0.4, 0.5) is 5.69 Å². The maximum absolute atomic E-state index is 12.9. The summed E-state index contributed by atoms with van der Waals surface area (Å²) < 4.78 is 49.1. The van der Waals surface area contributed by atoms with Gasteiger partial charge in [-0.05, 0) is 23.3 Å². The summed E-state index contributed by atoms with van der Waals surface area (Å²) in [6.45, 7) is -0.0205. The van der Waals surface area contributed by atoms with Gasteiger partial charge in [-0.1, -0.05) is 72.3 Å². The summed E-state index contributed by atoms with van der Waals surface area (Å²) in [7, 11) is -3.77. The first-order chi connectivity index (χ1) is 17.7. The minimum Gasteiger partial charge on any atom is -0.316 e. The van der Waals surface area contributed by atoms with Crippen LogP contribution < -0.4 is 4.31 Å². The molecule has 37 heavy (non-hydrogen) atoms. The molecule has 188 valence electrons. The monoisotopic (exact) mass is 554 g/mol. The van der Waals surface area contributed by atoms with E-state index >= 15 is 0 Å². The van der Waals surface area contributed by atoms with Crippen LogP contribution >= 0.6 is 11.6 Å². The van der Waals surface area contributed by atoms with Gasteiger partial charge in [-0.15, -0.1) is 0 Å². The van der Waals surface area contributed by atoms with E-state index in [9.17, 15) is 27.2 Å². The molecule has 9 nitrogen and oxygen atoms in total. The van der Waals surface area contributed by atoms with Crippen molar-refractivity contribution < 1.29 is 22.0 Å². The molecule has 1 N–H and O–H groups in total. The van der Waals surface area contributed by atoms with Crippen LogP contribution in [0, 0.1) is 11.5 Å². The lowest BCUT2D eigenvalue weighted by Gasteiger charge is -2.17. The number of benzene rings is 3. The van der Waals surface area contributed by atoms with Gasteiger partial charge in [0.2, 0.25) is 0 Å². The lowest BCUT2D eigenvalue weighted by atomic mass is 10.0. The molecule has 0 radical (unpaired) electrons. The smallest absolute Gasteiger partial charge is 0.275 e. The van der Waals surface area contributed by atoms with Crippen molar-refractivity contribution in [2.75, 3.05) is 10.6 Å². The molecule has 1 atom stereocenters. The third-order valence-corrected chi connectivity index (χ3v) is 7.63. The summed E-state index contributed by atoms with van der Waals surface area (Å²) in [4.78, 5) is 16.2. The Balaban J connectivity index is 1.88. The number of carbonyl (C=O) groups is 1. The molecule has 0 spiro atoms. The third-order valence-electron chi connectivity index (χ3n) is 5.58. The topological polar surface area (TPSA) is 133 Å². The van der Waals surface area contributed by atoms with Crippen molar-refractivity contribution in [3.05, 3.63) is 89.2 Å². The molecule has 1 heterocycles. The second kappa shape index (κ2) is 10.7. The number of nitriles is 1. The maximum Gasteiger partial charge on any atom is 0.275 e. The van der Waals surface area contributed by atoms with Crippen LogP contribution in [-0.4, -0.2) is 39.3 Å². The number of hydrogen-bond donors (Lipinski definition) is 1. The zero-order valence-electron chi connectivity index (χ0n) is 19.3. The number of carbonyl (C=O) groups excluding carboxylic acids is 1. The number of para-hydroxylation sites is 1. The van der Waals surface area contributed by atoms with Crippen LogP contribution in [0.25, 0.3) is 22.5 Å². The second-order valence-electron chi connectivity index (χ2n) is 7.92. The van der Waals surface area contributed by atoms with Crippen molar-refractivity contribution in [2.45, 2.75) is 11.4 Å². The number of sulfone groups is 1. The minimum atomic E-state index is -3.77. The Hall–Kier alpha value is -3.82. The molecule has 4 rings (SSSR count). The number of halogens is 1. The summed E-state index contributed by atoms with van der Waals surface area (Å²) >= 11 is 3.61. The van der Waals surface area contributed by atoms with Crippen molar-refractivity contribution in [1.82, 2.24) is 9.55 Å². The van der Waals surface area contributed by atoms with E-state index in [1.165, 1.54) is 12.1 Å². The van der Waals surface area contributed by atoms with E-state index in [1.54, 1.807) is 65.4 Å². The molecular weight excluding hydrogens is 536 g/mol. The van der Waals surface area contributed by atoms with Crippen LogP contribution in [0.1, 0.15) is 16.1 Å². The Kier molecular flexibility index (Phi) is 7.56. The van der Waals surface area contributed by atoms with Gasteiger partial charge in [-0.3, -0.25) is 9.35 Å². The summed E-state index contributed by atoms with van der Waals surface area (Å²) in [5.74, 6) is 0.400. The number of aromatic nitrogens is 2. The summed E-state index contributed by atoms with van der Waals surface area (Å²) in [5, 5.41) is 9.36. The zero-order chi connectivity index (χ0) is 26.7. The first-order valence-corrected chi connectivity index (χ1v) is 14.0. The summed E-state index contributed by atoms with van der Waals surface area (Å²) in [6, 6.07) is 20.1. The predicted octanol–water partition coefficient (Wildman–Crippen LogP) is 4.56. The molecule has 0 amide bonds. The quantitative estimate of drug-likeness (QED) is 0.146. The van der Waals surface area contributed by atoms with Gasteiger partial charge in [0.15, 0.2) is 27.5 Å². The van der Waals surface area contributed by atoms with Crippen molar-refractivity contribution in [1.29, 1.82) is 5.26 Å². The van der Waals surface area contributed by atoms with E-state index in [0.717, 1.165) is 6.26 Å². The molecule has 0 fully saturated rings. The Morgan fingerprint density at radius 2 is 1.78 bits per heavy atom. The minimum absolute atomic E-state index is 0.00564. The van der Waals surface area contributed by atoms with Crippen LogP contribution in [0.2, 0.25) is 5.15 Å². The molecule has 0 aliphatic rings. The number of nitrogens with zero attached hydrogens (tertiary/aromatic N) is 4. The van der Waals surface area contributed by atoms with Crippen molar-refractivity contribution in [2.24, 2.45) is 0 Å². The molecule has 4 aromatic rings. The van der Waals surface area contributed by atoms with Gasteiger partial charge in [0, 0.05) is 17.4 Å². The molecule has 0 aliphatic heterocycles. The van der Waals surface area contributed by atoms with Crippen LogP contribution in [0.15, 0.2) is 77.7 Å². The van der Waals surface area contributed by atoms with Crippen molar-refractivity contribution in [3.63, 3.8) is 0 Å². The van der Waals surface area contributed by atoms with Gasteiger partial charge in [0.1, 0.15) is 11.5 Å². The fourth-order valence-corrected chi connectivity index (χ4v) is 5.53. The van der Waals surface area contributed by atoms with Gasteiger partial charge in [0.05, 0.1) is 17.1 Å². The van der Waals surface area contributed by atoms with Crippen molar-refractivity contribution in [3.8, 4) is 28.7 Å². The Morgan fingerprint density at radius 3 is 2.41 bits per heavy atom. The summed E-state index contributed by atoms with van der Waals surface area (Å²) in [6.07, 6.45) is 3.29.